The molecule has 1 amide bonds. The number of amides is 1. The lowest BCUT2D eigenvalue weighted by atomic mass is 9.75. The summed E-state index contributed by atoms with van der Waals surface area (Å²) in [5.41, 5.74) is 5.93. The second-order valence-corrected chi connectivity index (χ2v) is 12.2. The minimum absolute atomic E-state index is 0.0160. The van der Waals surface area contributed by atoms with Crippen molar-refractivity contribution in [1.82, 2.24) is 24.6 Å². The minimum atomic E-state index is -4.60. The van der Waals surface area contributed by atoms with Crippen LogP contribution in [-0.2, 0) is 42.9 Å². The van der Waals surface area contributed by atoms with E-state index >= 15 is 0 Å². The predicted molar refractivity (Wildman–Crippen MR) is 155 cm³/mol. The molecule has 0 spiro atoms. The number of carbonyl (C=O) groups is 1. The van der Waals surface area contributed by atoms with Gasteiger partial charge in [-0.3, -0.25) is 14.6 Å². The first-order valence-electron chi connectivity index (χ1n) is 14.7. The van der Waals surface area contributed by atoms with Crippen molar-refractivity contribution in [1.29, 1.82) is 0 Å². The molecule has 0 bridgehead atoms. The molecule has 0 radical (unpaired) electrons. The molecular formula is C30H37F3N8O2. The van der Waals surface area contributed by atoms with Gasteiger partial charge in [0.1, 0.15) is 23.8 Å². The summed E-state index contributed by atoms with van der Waals surface area (Å²) in [6.45, 7) is 5.61. The summed E-state index contributed by atoms with van der Waals surface area (Å²) in [5, 5.41) is 11.4. The van der Waals surface area contributed by atoms with E-state index in [0.29, 0.717) is 56.6 Å². The van der Waals surface area contributed by atoms with Gasteiger partial charge < -0.3 is 20.4 Å². The number of aromatic nitrogens is 4. The van der Waals surface area contributed by atoms with Crippen LogP contribution >= 0.6 is 0 Å². The van der Waals surface area contributed by atoms with Gasteiger partial charge in [-0.1, -0.05) is 6.92 Å². The van der Waals surface area contributed by atoms with Crippen molar-refractivity contribution in [3.8, 4) is 0 Å². The number of aryl methyl sites for hydroxylation is 1. The number of carbonyl (C=O) groups excluding carboxylic acids is 1. The topological polar surface area (TPSA) is 114 Å². The molecule has 3 aliphatic heterocycles. The Balaban J connectivity index is 1.36. The molecular weight excluding hydrogens is 561 g/mol. The summed E-state index contributed by atoms with van der Waals surface area (Å²) >= 11 is 0. The standard InChI is InChI=1S/C30H37F3N8O2/c1-19-4-3-7-40(13-19)14-20-8-22-23(24(9-20)30(31,32)33)15-41(28(22)42)26-11-21(10-25(37-26)35-6-5-34)29(16-43-17-29)12-27-38-36-18-39(27)2/h8-11,18-19H,3-7,12-17,34H2,1-2H3,(H,35,37). The molecule has 1 atom stereocenters. The summed E-state index contributed by atoms with van der Waals surface area (Å²) in [5.74, 6) is 1.54. The summed E-state index contributed by atoms with van der Waals surface area (Å²) in [6, 6.07) is 6.54. The lowest BCUT2D eigenvalue weighted by Gasteiger charge is -2.42. The number of piperidine rings is 1. The Hall–Kier alpha value is -3.55. The maximum absolute atomic E-state index is 14.4. The Labute approximate surface area is 248 Å². The van der Waals surface area contributed by atoms with E-state index in [0.717, 1.165) is 37.3 Å². The van der Waals surface area contributed by atoms with Crippen LogP contribution in [0, 0.1) is 5.92 Å². The molecule has 5 heterocycles. The first kappa shape index (κ1) is 29.5. The number of nitrogens with two attached hydrogens (primary N) is 1. The second kappa shape index (κ2) is 11.5. The average molecular weight is 599 g/mol. The number of benzene rings is 1. The molecule has 3 aliphatic rings. The van der Waals surface area contributed by atoms with Crippen LogP contribution in [-0.4, -0.2) is 69.9 Å². The van der Waals surface area contributed by atoms with E-state index in [1.807, 2.05) is 17.7 Å². The third-order valence-electron chi connectivity index (χ3n) is 8.76. The van der Waals surface area contributed by atoms with Gasteiger partial charge in [-0.05, 0) is 66.3 Å². The van der Waals surface area contributed by atoms with Crippen molar-refractivity contribution >= 4 is 17.5 Å². The molecule has 2 fully saturated rings. The molecule has 2 saturated heterocycles. The number of anilines is 2. The monoisotopic (exact) mass is 598 g/mol. The average Bonchev–Trinajstić information content (AvgIpc) is 3.50. The zero-order valence-electron chi connectivity index (χ0n) is 24.5. The molecule has 3 aromatic rings. The highest BCUT2D eigenvalue weighted by Gasteiger charge is 2.44. The Morgan fingerprint density at radius 3 is 2.67 bits per heavy atom. The SMILES string of the molecule is CC1CCCN(Cc2cc3c(c(C(F)(F)F)c2)CN(c2cc(C4(Cc5nncn5C)COC4)cc(NCCN)n2)C3=O)C1. The van der Waals surface area contributed by atoms with E-state index in [2.05, 4.69) is 32.3 Å². The van der Waals surface area contributed by atoms with Gasteiger partial charge in [-0.25, -0.2) is 4.98 Å². The maximum Gasteiger partial charge on any atom is 0.416 e. The number of alkyl halides is 3. The molecule has 3 N–H and O–H groups in total. The lowest BCUT2D eigenvalue weighted by Crippen LogP contribution is -2.49. The van der Waals surface area contributed by atoms with Gasteiger partial charge in [-0.15, -0.1) is 10.2 Å². The summed E-state index contributed by atoms with van der Waals surface area (Å²) < 4.78 is 50.7. The van der Waals surface area contributed by atoms with E-state index in [4.69, 9.17) is 10.5 Å². The quantitative estimate of drug-likeness (QED) is 0.385. The van der Waals surface area contributed by atoms with E-state index in [9.17, 15) is 18.0 Å². The van der Waals surface area contributed by atoms with Gasteiger partial charge in [0.2, 0.25) is 0 Å². The fourth-order valence-corrected chi connectivity index (χ4v) is 6.43. The van der Waals surface area contributed by atoms with Crippen LogP contribution in [0.1, 0.15) is 58.2 Å². The molecule has 10 nitrogen and oxygen atoms in total. The molecule has 13 heteroatoms. The first-order chi connectivity index (χ1) is 20.6. The largest absolute Gasteiger partial charge is 0.416 e. The van der Waals surface area contributed by atoms with Crippen LogP contribution in [0.2, 0.25) is 0 Å². The van der Waals surface area contributed by atoms with Gasteiger partial charge in [0.05, 0.1) is 25.3 Å². The fraction of sp³-hybridized carbons (Fsp3) is 0.533. The highest BCUT2D eigenvalue weighted by atomic mass is 19.4. The van der Waals surface area contributed by atoms with Crippen molar-refractivity contribution in [3.63, 3.8) is 0 Å². The fourth-order valence-electron chi connectivity index (χ4n) is 6.43. The third-order valence-corrected chi connectivity index (χ3v) is 8.76. The van der Waals surface area contributed by atoms with Crippen LogP contribution in [0.15, 0.2) is 30.6 Å². The molecule has 2 aromatic heterocycles. The second-order valence-electron chi connectivity index (χ2n) is 12.2. The van der Waals surface area contributed by atoms with Gasteiger partial charge in [0.15, 0.2) is 0 Å². The third kappa shape index (κ3) is 5.85. The summed E-state index contributed by atoms with van der Waals surface area (Å²) in [7, 11) is 1.87. The number of hydrogen-bond acceptors (Lipinski definition) is 8. The Morgan fingerprint density at radius 2 is 2.02 bits per heavy atom. The van der Waals surface area contributed by atoms with Crippen LogP contribution in [0.25, 0.3) is 0 Å². The number of nitrogens with one attached hydrogen (secondary N) is 1. The summed E-state index contributed by atoms with van der Waals surface area (Å²) in [6.07, 6.45) is -0.307. The Bertz CT molecular complexity index is 1500. The van der Waals surface area contributed by atoms with Crippen LogP contribution in [0.3, 0.4) is 0 Å². The number of rotatable bonds is 9. The smallest absolute Gasteiger partial charge is 0.379 e. The lowest BCUT2D eigenvalue weighted by molar-refractivity contribution is -0.138. The molecule has 230 valence electrons. The van der Waals surface area contributed by atoms with Gasteiger partial charge in [0, 0.05) is 50.6 Å². The number of likely N-dealkylation sites (tertiary alicyclic amines) is 1. The number of hydrogen-bond donors (Lipinski definition) is 2. The Kier molecular flexibility index (Phi) is 7.90. The highest BCUT2D eigenvalue weighted by molar-refractivity contribution is 6.10. The number of pyridine rings is 1. The molecule has 1 aromatic carbocycles. The molecule has 0 aliphatic carbocycles. The van der Waals surface area contributed by atoms with Crippen LogP contribution < -0.4 is 16.0 Å². The molecule has 1 unspecified atom stereocenters. The molecule has 6 rings (SSSR count). The highest BCUT2D eigenvalue weighted by Crippen LogP contribution is 2.42. The van der Waals surface area contributed by atoms with Crippen LogP contribution in [0.5, 0.6) is 0 Å². The van der Waals surface area contributed by atoms with Crippen LogP contribution in [0.4, 0.5) is 24.8 Å². The van der Waals surface area contributed by atoms with E-state index in [-0.39, 0.29) is 23.5 Å². The number of fused-ring (bicyclic) bond motifs is 1. The normalized spacial score (nSPS) is 20.3. The number of halogens is 3. The van der Waals surface area contributed by atoms with E-state index < -0.39 is 23.1 Å². The first-order valence-corrected chi connectivity index (χ1v) is 14.7. The van der Waals surface area contributed by atoms with Gasteiger partial charge in [0.25, 0.3) is 5.91 Å². The van der Waals surface area contributed by atoms with Crippen molar-refractivity contribution in [2.24, 2.45) is 18.7 Å². The zero-order chi connectivity index (χ0) is 30.4. The maximum atomic E-state index is 14.4. The predicted octanol–water partition coefficient (Wildman–Crippen LogP) is 3.50. The van der Waals surface area contributed by atoms with Crippen molar-refractivity contribution in [3.05, 3.63) is 64.2 Å². The van der Waals surface area contributed by atoms with Crippen molar-refractivity contribution in [2.75, 3.05) is 49.6 Å². The Morgan fingerprint density at radius 1 is 1.21 bits per heavy atom. The minimum Gasteiger partial charge on any atom is -0.379 e. The van der Waals surface area contributed by atoms with E-state index in [1.54, 1.807) is 18.5 Å². The van der Waals surface area contributed by atoms with Gasteiger partial charge >= 0.3 is 6.18 Å². The number of nitrogens with zero attached hydrogens (tertiary/aromatic N) is 6. The number of ether oxygens (including phenoxy) is 1. The van der Waals surface area contributed by atoms with Crippen molar-refractivity contribution in [2.45, 2.75) is 50.9 Å². The molecule has 0 saturated carbocycles. The zero-order valence-corrected chi connectivity index (χ0v) is 24.5. The summed E-state index contributed by atoms with van der Waals surface area (Å²) in [4.78, 5) is 22.0. The van der Waals surface area contributed by atoms with Crippen molar-refractivity contribution < 1.29 is 22.7 Å². The van der Waals surface area contributed by atoms with Gasteiger partial charge in [-0.2, -0.15) is 13.2 Å². The molecule has 43 heavy (non-hydrogen) atoms. The van der Waals surface area contributed by atoms with E-state index in [1.165, 1.54) is 11.0 Å².